The maximum atomic E-state index is 13.8. The van der Waals surface area contributed by atoms with Gasteiger partial charge in [-0.1, -0.05) is 26.8 Å². The summed E-state index contributed by atoms with van der Waals surface area (Å²) >= 11 is 0. The summed E-state index contributed by atoms with van der Waals surface area (Å²) in [4.78, 5) is 29.0. The molecule has 0 saturated carbocycles. The Balaban J connectivity index is 1.68. The number of likely N-dealkylation sites (N-methyl/N-ethyl adjacent to an activating group) is 1. The van der Waals surface area contributed by atoms with Crippen LogP contribution in [0.15, 0.2) is 42.6 Å². The summed E-state index contributed by atoms with van der Waals surface area (Å²) in [6.45, 7) is 6.43. The molecule has 0 spiro atoms. The first-order chi connectivity index (χ1) is 16.3. The molecule has 0 saturated heterocycles. The second-order valence-electron chi connectivity index (χ2n) is 9.18. The highest BCUT2D eigenvalue weighted by molar-refractivity contribution is 6.20. The van der Waals surface area contributed by atoms with E-state index in [2.05, 4.69) is 48.3 Å². The van der Waals surface area contributed by atoms with Gasteiger partial charge in [0.05, 0.1) is 22.9 Å². The molecule has 4 aromatic rings. The van der Waals surface area contributed by atoms with Crippen LogP contribution >= 0.6 is 0 Å². The number of ketones is 1. The van der Waals surface area contributed by atoms with Crippen LogP contribution in [-0.4, -0.2) is 33.5 Å². The number of rotatable bonds is 4. The molecule has 0 aliphatic heterocycles. The molecule has 1 aliphatic carbocycles. The summed E-state index contributed by atoms with van der Waals surface area (Å²) in [5, 5.41) is 17.4. The predicted octanol–water partition coefficient (Wildman–Crippen LogP) is 4.08. The van der Waals surface area contributed by atoms with E-state index in [9.17, 15) is 14.9 Å². The molecule has 2 aromatic heterocycles. The van der Waals surface area contributed by atoms with Crippen molar-refractivity contribution in [3.8, 4) is 17.3 Å². The number of aryl methyl sites for hydroxylation is 1. The third-order valence-corrected chi connectivity index (χ3v) is 6.82. The third kappa shape index (κ3) is 3.14. The minimum atomic E-state index is -0.462. The standard InChI is InChI=1S/C27H25N5O2/c1-5-16-11-19-20(12-18(16)21-8-9-32(31-21)14-23(33)29-4)27(2,3)26-24(25(19)34)17-7-6-15(13-28)10-22(17)30-26/h6-12,30H,5,14H2,1-4H3,(H,29,33). The van der Waals surface area contributed by atoms with E-state index >= 15 is 0 Å². The lowest BCUT2D eigenvalue weighted by Crippen LogP contribution is -2.30. The number of H-pyrrole nitrogens is 1. The maximum absolute atomic E-state index is 13.8. The number of fused-ring (bicyclic) bond motifs is 4. The number of hydrogen-bond acceptors (Lipinski definition) is 4. The van der Waals surface area contributed by atoms with Crippen molar-refractivity contribution in [1.29, 1.82) is 5.26 Å². The van der Waals surface area contributed by atoms with Crippen LogP contribution in [0.3, 0.4) is 0 Å². The fourth-order valence-corrected chi connectivity index (χ4v) is 4.94. The summed E-state index contributed by atoms with van der Waals surface area (Å²) in [5.41, 5.74) is 6.82. The lowest BCUT2D eigenvalue weighted by atomic mass is 9.70. The zero-order chi connectivity index (χ0) is 24.2. The Bertz CT molecular complexity index is 1530. The van der Waals surface area contributed by atoms with Gasteiger partial charge in [-0.2, -0.15) is 10.4 Å². The van der Waals surface area contributed by atoms with Gasteiger partial charge in [0.25, 0.3) is 0 Å². The number of carbonyl (C=O) groups excluding carboxylic acids is 2. The lowest BCUT2D eigenvalue weighted by molar-refractivity contribution is -0.121. The third-order valence-electron chi connectivity index (χ3n) is 6.82. The molecule has 7 nitrogen and oxygen atoms in total. The number of amides is 1. The van der Waals surface area contributed by atoms with Crippen LogP contribution in [0, 0.1) is 11.3 Å². The number of nitriles is 1. The SMILES string of the molecule is CCc1cc2c(cc1-c1ccn(CC(=O)NC)n1)C(C)(C)c1[nH]c3cc(C#N)ccc3c1C2=O. The van der Waals surface area contributed by atoms with Crippen molar-refractivity contribution in [2.75, 3.05) is 7.05 Å². The lowest BCUT2D eigenvalue weighted by Gasteiger charge is -2.33. The number of carbonyl (C=O) groups is 2. The number of nitrogens with one attached hydrogen (secondary N) is 2. The first kappa shape index (κ1) is 21.7. The van der Waals surface area contributed by atoms with Gasteiger partial charge in [0.2, 0.25) is 5.91 Å². The first-order valence-electron chi connectivity index (χ1n) is 11.3. The van der Waals surface area contributed by atoms with Crippen molar-refractivity contribution in [2.24, 2.45) is 0 Å². The van der Waals surface area contributed by atoms with Crippen LogP contribution < -0.4 is 5.32 Å². The minimum Gasteiger partial charge on any atom is -0.358 e. The molecule has 0 bridgehead atoms. The molecular weight excluding hydrogens is 426 g/mol. The molecule has 0 unspecified atom stereocenters. The number of aromatic amines is 1. The molecular formula is C27H25N5O2. The quantitative estimate of drug-likeness (QED) is 0.488. The van der Waals surface area contributed by atoms with Crippen molar-refractivity contribution in [3.63, 3.8) is 0 Å². The summed E-state index contributed by atoms with van der Waals surface area (Å²) in [6.07, 6.45) is 2.53. The van der Waals surface area contributed by atoms with Crippen LogP contribution in [0.5, 0.6) is 0 Å². The fourth-order valence-electron chi connectivity index (χ4n) is 4.94. The van der Waals surface area contributed by atoms with Crippen molar-refractivity contribution >= 4 is 22.6 Å². The van der Waals surface area contributed by atoms with E-state index in [1.165, 1.54) is 0 Å². The Morgan fingerprint density at radius 3 is 2.71 bits per heavy atom. The molecule has 2 N–H and O–H groups in total. The molecule has 1 amide bonds. The van der Waals surface area contributed by atoms with Gasteiger partial charge in [-0.15, -0.1) is 0 Å². The van der Waals surface area contributed by atoms with E-state index in [4.69, 9.17) is 0 Å². The van der Waals surface area contributed by atoms with E-state index in [-0.39, 0.29) is 18.2 Å². The molecule has 2 aromatic carbocycles. The van der Waals surface area contributed by atoms with E-state index in [0.717, 1.165) is 45.4 Å². The average Bonchev–Trinajstić information content (AvgIpc) is 3.46. The van der Waals surface area contributed by atoms with Crippen LogP contribution in [0.1, 0.15) is 59.1 Å². The van der Waals surface area contributed by atoms with Crippen LogP contribution in [-0.2, 0) is 23.2 Å². The van der Waals surface area contributed by atoms with Gasteiger partial charge < -0.3 is 10.3 Å². The van der Waals surface area contributed by atoms with Crippen LogP contribution in [0.25, 0.3) is 22.2 Å². The summed E-state index contributed by atoms with van der Waals surface area (Å²) in [6, 6.07) is 13.5. The highest BCUT2D eigenvalue weighted by Crippen LogP contribution is 2.45. The smallest absolute Gasteiger partial charge is 0.241 e. The van der Waals surface area contributed by atoms with Crippen molar-refractivity contribution in [2.45, 2.75) is 39.2 Å². The summed E-state index contributed by atoms with van der Waals surface area (Å²) in [5.74, 6) is -0.125. The maximum Gasteiger partial charge on any atom is 0.241 e. The Kier molecular flexibility index (Phi) is 4.90. The molecule has 34 heavy (non-hydrogen) atoms. The van der Waals surface area contributed by atoms with Gasteiger partial charge in [0, 0.05) is 46.4 Å². The highest BCUT2D eigenvalue weighted by Gasteiger charge is 2.40. The number of aromatic nitrogens is 3. The Morgan fingerprint density at radius 2 is 2.00 bits per heavy atom. The van der Waals surface area contributed by atoms with Gasteiger partial charge in [-0.3, -0.25) is 14.3 Å². The fraction of sp³-hybridized carbons (Fsp3) is 0.259. The second-order valence-corrected chi connectivity index (χ2v) is 9.18. The Hall–Kier alpha value is -4.18. The minimum absolute atomic E-state index is 0.00770. The van der Waals surface area contributed by atoms with Crippen molar-refractivity contribution in [3.05, 3.63) is 76.1 Å². The largest absolute Gasteiger partial charge is 0.358 e. The van der Waals surface area contributed by atoms with Crippen molar-refractivity contribution < 1.29 is 9.59 Å². The van der Waals surface area contributed by atoms with E-state index in [0.29, 0.717) is 16.7 Å². The molecule has 7 heteroatoms. The zero-order valence-electron chi connectivity index (χ0n) is 19.6. The molecule has 0 fully saturated rings. The van der Waals surface area contributed by atoms with Crippen LogP contribution in [0.2, 0.25) is 0 Å². The van der Waals surface area contributed by atoms with Gasteiger partial charge in [0.15, 0.2) is 5.78 Å². The molecule has 5 rings (SSSR count). The number of nitrogens with zero attached hydrogens (tertiary/aromatic N) is 3. The van der Waals surface area contributed by atoms with E-state index in [1.807, 2.05) is 18.2 Å². The van der Waals surface area contributed by atoms with E-state index < -0.39 is 5.41 Å². The zero-order valence-corrected chi connectivity index (χ0v) is 19.6. The van der Waals surface area contributed by atoms with Gasteiger partial charge in [0.1, 0.15) is 6.54 Å². The van der Waals surface area contributed by atoms with Gasteiger partial charge in [-0.25, -0.2) is 0 Å². The highest BCUT2D eigenvalue weighted by atomic mass is 16.2. The molecule has 0 radical (unpaired) electrons. The second kappa shape index (κ2) is 7.70. The monoisotopic (exact) mass is 451 g/mol. The first-order valence-corrected chi connectivity index (χ1v) is 11.3. The average molecular weight is 452 g/mol. The number of benzene rings is 2. The van der Waals surface area contributed by atoms with Gasteiger partial charge >= 0.3 is 0 Å². The summed E-state index contributed by atoms with van der Waals surface area (Å²) in [7, 11) is 1.60. The molecule has 170 valence electrons. The van der Waals surface area contributed by atoms with Gasteiger partial charge in [-0.05, 0) is 47.9 Å². The van der Waals surface area contributed by atoms with Crippen LogP contribution in [0.4, 0.5) is 0 Å². The van der Waals surface area contributed by atoms with E-state index in [1.54, 1.807) is 30.1 Å². The molecule has 2 heterocycles. The molecule has 1 aliphatic rings. The Labute approximate surface area is 197 Å². The van der Waals surface area contributed by atoms with Crippen molar-refractivity contribution in [1.82, 2.24) is 20.1 Å². The predicted molar refractivity (Wildman–Crippen MR) is 130 cm³/mol. The summed E-state index contributed by atoms with van der Waals surface area (Å²) < 4.78 is 1.62. The Morgan fingerprint density at radius 1 is 1.21 bits per heavy atom. The number of hydrogen-bond donors (Lipinski definition) is 2. The molecule has 0 atom stereocenters. The normalized spacial score (nSPS) is 13.9. The topological polar surface area (TPSA) is 104 Å².